The van der Waals surface area contributed by atoms with Crippen LogP contribution in [0.3, 0.4) is 0 Å². The van der Waals surface area contributed by atoms with E-state index in [1.54, 1.807) is 12.2 Å². The SMILES string of the molecule is CC1(C(N)=O)C=CC(=S)c2ccccc21. The molecule has 0 bridgehead atoms. The zero-order valence-electron chi connectivity index (χ0n) is 8.36. The van der Waals surface area contributed by atoms with E-state index in [0.29, 0.717) is 0 Å². The number of fused-ring (bicyclic) bond motifs is 1. The second-order valence-corrected chi connectivity index (χ2v) is 4.25. The second-order valence-electron chi connectivity index (χ2n) is 3.81. The van der Waals surface area contributed by atoms with E-state index in [1.165, 1.54) is 0 Å². The van der Waals surface area contributed by atoms with Crippen molar-refractivity contribution in [2.24, 2.45) is 5.73 Å². The minimum absolute atomic E-state index is 0.353. The highest BCUT2D eigenvalue weighted by Gasteiger charge is 2.35. The van der Waals surface area contributed by atoms with Crippen molar-refractivity contribution in [3.05, 3.63) is 47.5 Å². The van der Waals surface area contributed by atoms with Crippen molar-refractivity contribution >= 4 is 23.0 Å². The molecular formula is C12H11NOS. The van der Waals surface area contributed by atoms with Crippen LogP contribution >= 0.6 is 12.2 Å². The van der Waals surface area contributed by atoms with E-state index in [1.807, 2.05) is 31.2 Å². The summed E-state index contributed by atoms with van der Waals surface area (Å²) in [6, 6.07) is 7.62. The van der Waals surface area contributed by atoms with Gasteiger partial charge in [0, 0.05) is 4.86 Å². The summed E-state index contributed by atoms with van der Waals surface area (Å²) in [4.78, 5) is 12.2. The number of amides is 1. The maximum absolute atomic E-state index is 11.5. The van der Waals surface area contributed by atoms with Crippen LogP contribution in [0.15, 0.2) is 36.4 Å². The van der Waals surface area contributed by atoms with Crippen LogP contribution in [0, 0.1) is 0 Å². The summed E-state index contributed by atoms with van der Waals surface area (Å²) < 4.78 is 0. The minimum atomic E-state index is -0.737. The smallest absolute Gasteiger partial charge is 0.231 e. The largest absolute Gasteiger partial charge is 0.369 e. The zero-order chi connectivity index (χ0) is 11.1. The number of hydrogen-bond acceptors (Lipinski definition) is 2. The van der Waals surface area contributed by atoms with Gasteiger partial charge in [-0.25, -0.2) is 0 Å². The Morgan fingerprint density at radius 2 is 2.07 bits per heavy atom. The van der Waals surface area contributed by atoms with Gasteiger partial charge in [0.2, 0.25) is 5.91 Å². The predicted octanol–water partition coefficient (Wildman–Crippen LogP) is 1.72. The quantitative estimate of drug-likeness (QED) is 0.728. The van der Waals surface area contributed by atoms with Crippen molar-refractivity contribution in [2.45, 2.75) is 12.3 Å². The van der Waals surface area contributed by atoms with Gasteiger partial charge in [0.1, 0.15) is 0 Å². The molecule has 15 heavy (non-hydrogen) atoms. The fourth-order valence-electron chi connectivity index (χ4n) is 1.79. The van der Waals surface area contributed by atoms with Crippen LogP contribution in [0.2, 0.25) is 0 Å². The topological polar surface area (TPSA) is 43.1 Å². The molecule has 0 radical (unpaired) electrons. The molecule has 1 aliphatic carbocycles. The molecule has 1 unspecified atom stereocenters. The van der Waals surface area contributed by atoms with E-state index < -0.39 is 5.41 Å². The Kier molecular flexibility index (Phi) is 2.20. The van der Waals surface area contributed by atoms with Gasteiger partial charge >= 0.3 is 0 Å². The average Bonchev–Trinajstić information content (AvgIpc) is 2.24. The number of carbonyl (C=O) groups excluding carboxylic acids is 1. The molecule has 2 nitrogen and oxygen atoms in total. The molecule has 2 N–H and O–H groups in total. The number of primary amides is 1. The molecule has 0 saturated carbocycles. The van der Waals surface area contributed by atoms with E-state index in [4.69, 9.17) is 18.0 Å². The molecule has 0 saturated heterocycles. The average molecular weight is 217 g/mol. The van der Waals surface area contributed by atoms with Crippen LogP contribution in [0.25, 0.3) is 0 Å². The Hall–Kier alpha value is -1.48. The number of carbonyl (C=O) groups is 1. The highest BCUT2D eigenvalue weighted by molar-refractivity contribution is 7.81. The summed E-state index contributed by atoms with van der Waals surface area (Å²) in [5.41, 5.74) is 6.51. The Bertz CT molecular complexity index is 478. The van der Waals surface area contributed by atoms with Crippen molar-refractivity contribution in [1.82, 2.24) is 0 Å². The first-order valence-corrected chi connectivity index (χ1v) is 5.09. The van der Waals surface area contributed by atoms with E-state index in [-0.39, 0.29) is 5.91 Å². The third kappa shape index (κ3) is 1.39. The van der Waals surface area contributed by atoms with Crippen molar-refractivity contribution in [1.29, 1.82) is 0 Å². The van der Waals surface area contributed by atoms with Crippen LogP contribution in [0.1, 0.15) is 18.1 Å². The fraction of sp³-hybridized carbons (Fsp3) is 0.167. The van der Waals surface area contributed by atoms with E-state index >= 15 is 0 Å². The molecule has 1 aliphatic rings. The molecular weight excluding hydrogens is 206 g/mol. The third-order valence-electron chi connectivity index (χ3n) is 2.83. The number of allylic oxidation sites excluding steroid dienone is 1. The Morgan fingerprint density at radius 1 is 1.40 bits per heavy atom. The van der Waals surface area contributed by atoms with Crippen molar-refractivity contribution < 1.29 is 4.79 Å². The monoisotopic (exact) mass is 217 g/mol. The molecule has 0 heterocycles. The van der Waals surface area contributed by atoms with Crippen LogP contribution < -0.4 is 5.73 Å². The summed E-state index contributed by atoms with van der Waals surface area (Å²) in [6.07, 6.45) is 3.56. The van der Waals surface area contributed by atoms with Crippen LogP contribution in [0.4, 0.5) is 0 Å². The lowest BCUT2D eigenvalue weighted by molar-refractivity contribution is -0.121. The first-order chi connectivity index (χ1) is 7.05. The molecule has 0 spiro atoms. The van der Waals surface area contributed by atoms with Gasteiger partial charge in [-0.3, -0.25) is 4.79 Å². The van der Waals surface area contributed by atoms with E-state index in [0.717, 1.165) is 16.0 Å². The predicted molar refractivity (Wildman–Crippen MR) is 63.8 cm³/mol. The molecule has 0 aliphatic heterocycles. The molecule has 1 aromatic carbocycles. The van der Waals surface area contributed by atoms with Gasteiger partial charge in [-0.2, -0.15) is 0 Å². The van der Waals surface area contributed by atoms with Gasteiger partial charge in [-0.1, -0.05) is 42.6 Å². The van der Waals surface area contributed by atoms with E-state index in [2.05, 4.69) is 0 Å². The summed E-state index contributed by atoms with van der Waals surface area (Å²) in [5.74, 6) is -0.353. The molecule has 2 rings (SSSR count). The maximum Gasteiger partial charge on any atom is 0.231 e. The third-order valence-corrected chi connectivity index (χ3v) is 3.19. The highest BCUT2D eigenvalue weighted by Crippen LogP contribution is 2.32. The minimum Gasteiger partial charge on any atom is -0.369 e. The number of thiocarbonyl (C=S) groups is 1. The zero-order valence-corrected chi connectivity index (χ0v) is 9.17. The molecule has 1 amide bonds. The Balaban J connectivity index is 2.70. The molecule has 1 atom stereocenters. The summed E-state index contributed by atoms with van der Waals surface area (Å²) in [5, 5.41) is 0. The summed E-state index contributed by atoms with van der Waals surface area (Å²) >= 11 is 5.21. The van der Waals surface area contributed by atoms with Gasteiger partial charge in [-0.05, 0) is 24.1 Å². The van der Waals surface area contributed by atoms with Gasteiger partial charge in [0.25, 0.3) is 0 Å². The fourth-order valence-corrected chi connectivity index (χ4v) is 2.03. The van der Waals surface area contributed by atoms with Crippen molar-refractivity contribution in [3.63, 3.8) is 0 Å². The van der Waals surface area contributed by atoms with Crippen molar-refractivity contribution in [3.8, 4) is 0 Å². The summed E-state index contributed by atoms with van der Waals surface area (Å²) in [6.45, 7) is 1.81. The van der Waals surface area contributed by atoms with Crippen LogP contribution in [0.5, 0.6) is 0 Å². The van der Waals surface area contributed by atoms with E-state index in [9.17, 15) is 4.79 Å². The molecule has 0 aromatic heterocycles. The lowest BCUT2D eigenvalue weighted by Gasteiger charge is -2.28. The summed E-state index contributed by atoms with van der Waals surface area (Å²) in [7, 11) is 0. The lowest BCUT2D eigenvalue weighted by atomic mass is 9.75. The van der Waals surface area contributed by atoms with Crippen LogP contribution in [-0.4, -0.2) is 10.8 Å². The van der Waals surface area contributed by atoms with Gasteiger partial charge in [0.15, 0.2) is 0 Å². The molecule has 3 heteroatoms. The van der Waals surface area contributed by atoms with Crippen LogP contribution in [-0.2, 0) is 10.2 Å². The first kappa shape index (κ1) is 10.1. The second kappa shape index (κ2) is 3.28. The van der Waals surface area contributed by atoms with Gasteiger partial charge in [-0.15, -0.1) is 0 Å². The molecule has 0 fully saturated rings. The normalized spacial score (nSPS) is 23.7. The molecule has 76 valence electrons. The lowest BCUT2D eigenvalue weighted by Crippen LogP contribution is -2.39. The number of hydrogen-bond donors (Lipinski definition) is 1. The molecule has 1 aromatic rings. The maximum atomic E-state index is 11.5. The number of benzene rings is 1. The highest BCUT2D eigenvalue weighted by atomic mass is 32.1. The van der Waals surface area contributed by atoms with Gasteiger partial charge in [0.05, 0.1) is 5.41 Å². The number of rotatable bonds is 1. The standard InChI is InChI=1S/C12H11NOS/c1-12(11(13)14)7-6-10(15)8-4-2-3-5-9(8)12/h2-7H,1H3,(H2,13,14). The first-order valence-electron chi connectivity index (χ1n) is 4.68. The number of nitrogens with two attached hydrogens (primary N) is 1. The Morgan fingerprint density at radius 3 is 2.73 bits per heavy atom. The Labute approximate surface area is 93.8 Å². The van der Waals surface area contributed by atoms with Gasteiger partial charge < -0.3 is 5.73 Å². The van der Waals surface area contributed by atoms with Crippen molar-refractivity contribution in [2.75, 3.05) is 0 Å².